The number of hydrogen-bond donors (Lipinski definition) is 0. The van der Waals surface area contributed by atoms with E-state index in [1.165, 1.54) is 12.8 Å². The molecule has 1 atom stereocenters. The first-order valence-electron chi connectivity index (χ1n) is 10.7. The highest BCUT2D eigenvalue weighted by atomic mass is 32.2. The highest BCUT2D eigenvalue weighted by Gasteiger charge is 2.33. The molecule has 0 bridgehead atoms. The molecule has 3 aliphatic heterocycles. The molecule has 8 heteroatoms. The Morgan fingerprint density at radius 1 is 1.10 bits per heavy atom. The fraction of sp³-hybridized carbons (Fsp3) is 0.500. The number of piperazine rings is 1. The maximum absolute atomic E-state index is 13.4. The molecule has 0 aliphatic carbocycles. The Labute approximate surface area is 181 Å². The van der Waals surface area contributed by atoms with Crippen LogP contribution in [0.25, 0.3) is 11.3 Å². The van der Waals surface area contributed by atoms with Crippen LogP contribution in [-0.4, -0.2) is 81.9 Å². The molecule has 7 nitrogen and oxygen atoms in total. The summed E-state index contributed by atoms with van der Waals surface area (Å²) in [6.07, 6.45) is 6.89. The first kappa shape index (κ1) is 19.8. The number of amides is 1. The Hall–Kier alpha value is -2.16. The van der Waals surface area contributed by atoms with Gasteiger partial charge >= 0.3 is 0 Å². The van der Waals surface area contributed by atoms with E-state index in [-0.39, 0.29) is 12.1 Å². The van der Waals surface area contributed by atoms with Gasteiger partial charge in [-0.2, -0.15) is 0 Å². The second-order valence-electron chi connectivity index (χ2n) is 8.16. The van der Waals surface area contributed by atoms with E-state index >= 15 is 0 Å². The Bertz CT molecular complexity index is 917. The lowest BCUT2D eigenvalue weighted by Crippen LogP contribution is -2.57. The zero-order valence-corrected chi connectivity index (χ0v) is 17.9. The molecule has 30 heavy (non-hydrogen) atoms. The summed E-state index contributed by atoms with van der Waals surface area (Å²) in [7, 11) is 0. The van der Waals surface area contributed by atoms with E-state index in [0.29, 0.717) is 13.1 Å². The third-order valence-electron chi connectivity index (χ3n) is 6.47. The normalized spacial score (nSPS) is 21.0. The van der Waals surface area contributed by atoms with Crippen molar-refractivity contribution in [2.45, 2.75) is 30.6 Å². The van der Waals surface area contributed by atoms with E-state index < -0.39 is 0 Å². The number of carbonyl (C=O) groups is 2. The monoisotopic (exact) mass is 425 g/mol. The summed E-state index contributed by atoms with van der Waals surface area (Å²) < 4.78 is 2.25. The largest absolute Gasteiger partial charge is 0.336 e. The summed E-state index contributed by atoms with van der Waals surface area (Å²) in [4.78, 5) is 35.8. The lowest BCUT2D eigenvalue weighted by molar-refractivity contribution is -0.119. The Morgan fingerprint density at radius 3 is 2.57 bits per heavy atom. The minimum atomic E-state index is -0.142. The van der Waals surface area contributed by atoms with Crippen LogP contribution in [0.1, 0.15) is 28.9 Å². The topological polar surface area (TPSA) is 61.7 Å². The molecule has 5 heterocycles. The first-order chi connectivity index (χ1) is 14.8. The smallest absolute Gasteiger partial charge is 0.255 e. The van der Waals surface area contributed by atoms with E-state index in [1.54, 1.807) is 6.20 Å². The number of aromatic nitrogens is 2. The van der Waals surface area contributed by atoms with Gasteiger partial charge < -0.3 is 14.3 Å². The quantitative estimate of drug-likeness (QED) is 0.684. The van der Waals surface area contributed by atoms with Crippen LogP contribution < -0.4 is 0 Å². The van der Waals surface area contributed by atoms with E-state index in [2.05, 4.69) is 19.4 Å². The van der Waals surface area contributed by atoms with Crippen LogP contribution >= 0.6 is 11.8 Å². The molecule has 2 saturated heterocycles. The third kappa shape index (κ3) is 3.57. The Morgan fingerprint density at radius 2 is 1.87 bits per heavy atom. The molecule has 5 rings (SSSR count). The number of pyridine rings is 1. The molecule has 0 N–H and O–H groups in total. The van der Waals surface area contributed by atoms with Crippen LogP contribution in [0.2, 0.25) is 0 Å². The molecular weight excluding hydrogens is 398 g/mol. The molecule has 2 aromatic heterocycles. The summed E-state index contributed by atoms with van der Waals surface area (Å²) in [6.45, 7) is 4.80. The Balaban J connectivity index is 1.31. The van der Waals surface area contributed by atoms with E-state index in [4.69, 9.17) is 0 Å². The second-order valence-corrected chi connectivity index (χ2v) is 9.11. The molecule has 1 amide bonds. The summed E-state index contributed by atoms with van der Waals surface area (Å²) in [5.74, 6) is 1.85. The maximum atomic E-state index is 13.4. The highest BCUT2D eigenvalue weighted by molar-refractivity contribution is 7.97. The zero-order chi connectivity index (χ0) is 20.5. The number of likely N-dealkylation sites (tertiary alicyclic amines) is 1. The number of aldehydes is 1. The van der Waals surface area contributed by atoms with Gasteiger partial charge in [-0.3, -0.25) is 19.6 Å². The summed E-state index contributed by atoms with van der Waals surface area (Å²) in [6, 6.07) is 6.02. The second kappa shape index (κ2) is 8.53. The van der Waals surface area contributed by atoms with Gasteiger partial charge in [0.15, 0.2) is 6.29 Å². The number of rotatable bonds is 5. The molecular formula is C22H27N5O2S. The summed E-state index contributed by atoms with van der Waals surface area (Å²) >= 11 is 1.84. The number of nitrogens with zero attached hydrogens (tertiary/aromatic N) is 5. The van der Waals surface area contributed by atoms with Crippen LogP contribution in [0.4, 0.5) is 0 Å². The van der Waals surface area contributed by atoms with E-state index in [9.17, 15) is 9.59 Å². The maximum Gasteiger partial charge on any atom is 0.255 e. The van der Waals surface area contributed by atoms with Gasteiger partial charge in [-0.05, 0) is 31.0 Å². The van der Waals surface area contributed by atoms with E-state index in [0.717, 1.165) is 66.6 Å². The molecule has 0 aromatic carbocycles. The molecule has 2 aromatic rings. The van der Waals surface area contributed by atoms with Gasteiger partial charge in [0.1, 0.15) is 6.17 Å². The predicted octanol–water partition coefficient (Wildman–Crippen LogP) is 2.13. The fourth-order valence-electron chi connectivity index (χ4n) is 4.83. The van der Waals surface area contributed by atoms with Gasteiger partial charge in [0.05, 0.1) is 17.1 Å². The van der Waals surface area contributed by atoms with Gasteiger partial charge in [0.25, 0.3) is 5.91 Å². The number of fused-ring (bicyclic) bond motifs is 1. The predicted molar refractivity (Wildman–Crippen MR) is 117 cm³/mol. The molecule has 0 saturated carbocycles. The van der Waals surface area contributed by atoms with Crippen molar-refractivity contribution < 1.29 is 9.59 Å². The minimum absolute atomic E-state index is 0.111. The van der Waals surface area contributed by atoms with Gasteiger partial charge in [0, 0.05) is 68.7 Å². The van der Waals surface area contributed by atoms with Gasteiger partial charge in [-0.25, -0.2) is 0 Å². The van der Waals surface area contributed by atoms with Crippen molar-refractivity contribution in [3.05, 3.63) is 41.9 Å². The van der Waals surface area contributed by atoms with Crippen molar-refractivity contribution in [3.63, 3.8) is 0 Å². The van der Waals surface area contributed by atoms with E-state index in [1.807, 2.05) is 41.1 Å². The van der Waals surface area contributed by atoms with Crippen molar-refractivity contribution in [1.29, 1.82) is 0 Å². The van der Waals surface area contributed by atoms with Crippen LogP contribution in [-0.2, 0) is 16.4 Å². The lowest BCUT2D eigenvalue weighted by Gasteiger charge is -2.40. The Kier molecular flexibility index (Phi) is 5.62. The summed E-state index contributed by atoms with van der Waals surface area (Å²) in [5.41, 5.74) is 4.05. The minimum Gasteiger partial charge on any atom is -0.336 e. The van der Waals surface area contributed by atoms with Gasteiger partial charge in [0.2, 0.25) is 0 Å². The van der Waals surface area contributed by atoms with Gasteiger partial charge in [-0.1, -0.05) is 0 Å². The standard InChI is InChI=1S/C22H27N5O2S/c28-14-21(24-6-1-2-7-24)25-8-10-26(11-9-25)22(29)18-12-19(17-4-3-5-23-13-17)27-16-30-15-20(18)27/h3-5,12-14,21H,1-2,6-11,15-16H2. The van der Waals surface area contributed by atoms with Crippen LogP contribution in [0.5, 0.6) is 0 Å². The van der Waals surface area contributed by atoms with Crippen LogP contribution in [0.3, 0.4) is 0 Å². The van der Waals surface area contributed by atoms with Crippen molar-refractivity contribution in [2.24, 2.45) is 0 Å². The van der Waals surface area contributed by atoms with Crippen molar-refractivity contribution in [2.75, 3.05) is 39.3 Å². The molecule has 0 spiro atoms. The molecule has 2 fully saturated rings. The molecule has 0 radical (unpaired) electrons. The third-order valence-corrected chi connectivity index (χ3v) is 7.39. The SMILES string of the molecule is O=CC(N1CCCC1)N1CCN(C(=O)c2cc(-c3cccnc3)n3c2CSC3)CC1. The van der Waals surface area contributed by atoms with Gasteiger partial charge in [-0.15, -0.1) is 11.8 Å². The van der Waals surface area contributed by atoms with Crippen molar-refractivity contribution >= 4 is 24.0 Å². The van der Waals surface area contributed by atoms with Crippen molar-refractivity contribution in [1.82, 2.24) is 24.3 Å². The number of thioether (sulfide) groups is 1. The number of carbonyl (C=O) groups excluding carboxylic acids is 2. The first-order valence-corrected chi connectivity index (χ1v) is 11.8. The van der Waals surface area contributed by atoms with Crippen LogP contribution in [0.15, 0.2) is 30.6 Å². The molecule has 158 valence electrons. The average molecular weight is 426 g/mol. The van der Waals surface area contributed by atoms with Crippen molar-refractivity contribution in [3.8, 4) is 11.3 Å². The molecule has 3 aliphatic rings. The number of hydrogen-bond acceptors (Lipinski definition) is 6. The molecule has 1 unspecified atom stereocenters. The lowest BCUT2D eigenvalue weighted by atomic mass is 10.1. The summed E-state index contributed by atoms with van der Waals surface area (Å²) in [5, 5.41) is 0. The highest BCUT2D eigenvalue weighted by Crippen LogP contribution is 2.35. The average Bonchev–Trinajstić information content (AvgIpc) is 3.53. The van der Waals surface area contributed by atoms with Crippen LogP contribution in [0, 0.1) is 0 Å². The zero-order valence-electron chi connectivity index (χ0n) is 17.1. The fourth-order valence-corrected chi connectivity index (χ4v) is 5.91.